The van der Waals surface area contributed by atoms with Gasteiger partial charge in [-0.25, -0.2) is 0 Å². The van der Waals surface area contributed by atoms with E-state index in [-0.39, 0.29) is 17.0 Å². The first-order valence-corrected chi connectivity index (χ1v) is 6.38. The molecular formula is C11H17BrO5. The molecule has 1 fully saturated rings. The van der Waals surface area contributed by atoms with E-state index in [9.17, 15) is 9.59 Å². The number of ether oxygens (including phenoxy) is 3. The molecule has 6 heteroatoms. The lowest BCUT2D eigenvalue weighted by molar-refractivity contribution is -0.206. The Morgan fingerprint density at radius 1 is 1.06 bits per heavy atom. The summed E-state index contributed by atoms with van der Waals surface area (Å²) in [7, 11) is 0. The Balaban J connectivity index is 2.86. The van der Waals surface area contributed by atoms with E-state index in [1.807, 2.05) is 6.92 Å². The van der Waals surface area contributed by atoms with E-state index in [2.05, 4.69) is 15.9 Å². The smallest absolute Gasteiger partial charge is 0.303 e. The van der Waals surface area contributed by atoms with Crippen LogP contribution in [0.5, 0.6) is 0 Å². The Kier molecular flexibility index (Phi) is 4.94. The van der Waals surface area contributed by atoms with Crippen LogP contribution in [-0.4, -0.2) is 35.3 Å². The van der Waals surface area contributed by atoms with E-state index in [4.69, 9.17) is 14.2 Å². The van der Waals surface area contributed by atoms with Crippen LogP contribution < -0.4 is 0 Å². The normalized spacial score (nSPS) is 37.4. The fraction of sp³-hybridized carbons (Fsp3) is 0.818. The van der Waals surface area contributed by atoms with Gasteiger partial charge in [-0.1, -0.05) is 22.9 Å². The van der Waals surface area contributed by atoms with Gasteiger partial charge in [-0.05, 0) is 6.92 Å². The molecule has 0 radical (unpaired) electrons. The van der Waals surface area contributed by atoms with Crippen LogP contribution in [0.25, 0.3) is 0 Å². The van der Waals surface area contributed by atoms with Gasteiger partial charge in [0.05, 0.1) is 6.10 Å². The van der Waals surface area contributed by atoms with Gasteiger partial charge in [-0.15, -0.1) is 0 Å². The maximum atomic E-state index is 11.1. The number of carbonyl (C=O) groups excluding carboxylic acids is 2. The monoisotopic (exact) mass is 308 g/mol. The van der Waals surface area contributed by atoms with Gasteiger partial charge in [0.2, 0.25) is 0 Å². The zero-order valence-corrected chi connectivity index (χ0v) is 11.9. The Labute approximate surface area is 109 Å². The van der Waals surface area contributed by atoms with Crippen LogP contribution in [0.3, 0.4) is 0 Å². The van der Waals surface area contributed by atoms with Crippen LogP contribution >= 0.6 is 15.9 Å². The summed E-state index contributed by atoms with van der Waals surface area (Å²) in [5.74, 6) is -0.907. The van der Waals surface area contributed by atoms with E-state index >= 15 is 0 Å². The molecule has 17 heavy (non-hydrogen) atoms. The highest BCUT2D eigenvalue weighted by Gasteiger charge is 2.45. The van der Waals surface area contributed by atoms with E-state index in [1.54, 1.807) is 6.92 Å². The number of carbonyl (C=O) groups is 2. The second-order valence-corrected chi connectivity index (χ2v) is 5.10. The van der Waals surface area contributed by atoms with Crippen LogP contribution in [0.4, 0.5) is 0 Å². The maximum absolute atomic E-state index is 11.1. The molecule has 0 saturated carbocycles. The average molecular weight is 309 g/mol. The minimum Gasteiger partial charge on any atom is -0.458 e. The summed E-state index contributed by atoms with van der Waals surface area (Å²) < 4.78 is 16.0. The SMILES string of the molecule is CC(=O)O[C@@H]1[C@@H](OC(C)=O)[C@@H](C)[C@H](Br)O[C@H]1C. The van der Waals surface area contributed by atoms with Crippen LogP contribution in [0, 0.1) is 5.92 Å². The average Bonchev–Trinajstić information content (AvgIpc) is 2.19. The molecule has 0 amide bonds. The molecular weight excluding hydrogens is 292 g/mol. The Morgan fingerprint density at radius 2 is 1.53 bits per heavy atom. The lowest BCUT2D eigenvalue weighted by Crippen LogP contribution is -2.54. The predicted molar refractivity (Wildman–Crippen MR) is 63.5 cm³/mol. The molecule has 1 rings (SSSR count). The van der Waals surface area contributed by atoms with E-state index in [0.717, 1.165) is 0 Å². The molecule has 1 heterocycles. The maximum Gasteiger partial charge on any atom is 0.303 e. The van der Waals surface area contributed by atoms with Crippen molar-refractivity contribution in [2.24, 2.45) is 5.92 Å². The fourth-order valence-electron chi connectivity index (χ4n) is 1.84. The molecule has 1 saturated heterocycles. The molecule has 0 aromatic rings. The molecule has 5 atom stereocenters. The van der Waals surface area contributed by atoms with Gasteiger partial charge < -0.3 is 14.2 Å². The highest BCUT2D eigenvalue weighted by Crippen LogP contribution is 2.32. The van der Waals surface area contributed by atoms with Crippen molar-refractivity contribution in [3.8, 4) is 0 Å². The van der Waals surface area contributed by atoms with Gasteiger partial charge in [0, 0.05) is 19.8 Å². The Morgan fingerprint density at radius 3 is 2.00 bits per heavy atom. The summed E-state index contributed by atoms with van der Waals surface area (Å²) in [6, 6.07) is 0. The highest BCUT2D eigenvalue weighted by atomic mass is 79.9. The zero-order valence-electron chi connectivity index (χ0n) is 10.3. The van der Waals surface area contributed by atoms with Crippen molar-refractivity contribution in [1.82, 2.24) is 0 Å². The topological polar surface area (TPSA) is 61.8 Å². The van der Waals surface area contributed by atoms with Gasteiger partial charge in [0.1, 0.15) is 11.1 Å². The minimum absolute atomic E-state index is 0.0977. The third-order valence-corrected chi connectivity index (χ3v) is 3.72. The minimum atomic E-state index is -0.569. The molecule has 0 aliphatic carbocycles. The van der Waals surface area contributed by atoms with E-state index in [0.29, 0.717) is 0 Å². The van der Waals surface area contributed by atoms with Crippen molar-refractivity contribution in [3.63, 3.8) is 0 Å². The van der Waals surface area contributed by atoms with Gasteiger partial charge >= 0.3 is 11.9 Å². The Bertz CT molecular complexity index is 306. The zero-order chi connectivity index (χ0) is 13.2. The summed E-state index contributed by atoms with van der Waals surface area (Å²) in [6.07, 6.45) is -1.39. The quantitative estimate of drug-likeness (QED) is 0.573. The first-order valence-electron chi connectivity index (χ1n) is 5.47. The summed E-state index contributed by atoms with van der Waals surface area (Å²) in [5, 5.41) is -0.228. The number of rotatable bonds is 2. The lowest BCUT2D eigenvalue weighted by atomic mass is 9.94. The van der Waals surface area contributed by atoms with E-state index in [1.165, 1.54) is 13.8 Å². The molecule has 0 aromatic carbocycles. The molecule has 98 valence electrons. The van der Waals surface area contributed by atoms with Crippen molar-refractivity contribution in [3.05, 3.63) is 0 Å². The first-order chi connectivity index (χ1) is 7.82. The predicted octanol–water partition coefficient (Wildman–Crippen LogP) is 1.63. The van der Waals surface area contributed by atoms with Crippen LogP contribution in [-0.2, 0) is 23.8 Å². The fourth-order valence-corrected chi connectivity index (χ4v) is 2.48. The third kappa shape index (κ3) is 3.67. The van der Waals surface area contributed by atoms with Crippen LogP contribution in [0.2, 0.25) is 0 Å². The molecule has 0 N–H and O–H groups in total. The molecule has 0 aromatic heterocycles. The van der Waals surface area contributed by atoms with E-state index < -0.39 is 24.1 Å². The molecule has 5 nitrogen and oxygen atoms in total. The van der Waals surface area contributed by atoms with Crippen LogP contribution in [0.15, 0.2) is 0 Å². The number of hydrogen-bond acceptors (Lipinski definition) is 5. The molecule has 0 bridgehead atoms. The second-order valence-electron chi connectivity index (χ2n) is 4.20. The summed E-state index contributed by atoms with van der Waals surface area (Å²) in [4.78, 5) is 22.1. The first kappa shape index (κ1) is 14.4. The lowest BCUT2D eigenvalue weighted by Gasteiger charge is -2.41. The summed E-state index contributed by atoms with van der Waals surface area (Å²) >= 11 is 3.36. The molecule has 0 unspecified atom stereocenters. The van der Waals surface area contributed by atoms with Gasteiger partial charge in [-0.3, -0.25) is 9.59 Å². The van der Waals surface area contributed by atoms with Gasteiger partial charge in [-0.2, -0.15) is 0 Å². The summed E-state index contributed by atoms with van der Waals surface area (Å²) in [5.41, 5.74) is 0. The van der Waals surface area contributed by atoms with Crippen molar-refractivity contribution in [2.45, 2.75) is 51.0 Å². The second kappa shape index (κ2) is 5.82. The third-order valence-electron chi connectivity index (χ3n) is 2.67. The van der Waals surface area contributed by atoms with Gasteiger partial charge in [0.25, 0.3) is 0 Å². The number of halogens is 1. The van der Waals surface area contributed by atoms with Crippen molar-refractivity contribution >= 4 is 27.9 Å². The molecule has 1 aliphatic heterocycles. The molecule has 1 aliphatic rings. The number of alkyl halides is 1. The van der Waals surface area contributed by atoms with Crippen molar-refractivity contribution in [2.75, 3.05) is 0 Å². The Hall–Kier alpha value is -0.620. The summed E-state index contributed by atoms with van der Waals surface area (Å²) in [6.45, 7) is 6.31. The number of esters is 2. The molecule has 0 spiro atoms. The van der Waals surface area contributed by atoms with Crippen molar-refractivity contribution < 1.29 is 23.8 Å². The van der Waals surface area contributed by atoms with Crippen LogP contribution in [0.1, 0.15) is 27.7 Å². The highest BCUT2D eigenvalue weighted by molar-refractivity contribution is 9.09. The standard InChI is InChI=1S/C11H17BrO5/c1-5-9(16-7(3)13)10(17-8(4)14)6(2)15-11(5)12/h5-6,9-11H,1-4H3/t5-,6+,9+,10+,11-/m1/s1. The van der Waals surface area contributed by atoms with Gasteiger partial charge in [0.15, 0.2) is 6.10 Å². The van der Waals surface area contributed by atoms with Crippen molar-refractivity contribution in [1.29, 1.82) is 0 Å². The number of hydrogen-bond donors (Lipinski definition) is 0. The largest absolute Gasteiger partial charge is 0.458 e.